The van der Waals surface area contributed by atoms with Crippen molar-refractivity contribution in [1.29, 1.82) is 0 Å². The molecule has 0 aliphatic carbocycles. The fourth-order valence-corrected chi connectivity index (χ4v) is 4.54. The molecule has 4 rings (SSSR count). The van der Waals surface area contributed by atoms with Gasteiger partial charge in [0.25, 0.3) is 5.91 Å². The quantitative estimate of drug-likeness (QED) is 0.526. The monoisotopic (exact) mass is 476 g/mol. The summed E-state index contributed by atoms with van der Waals surface area (Å²) in [5, 5.41) is 10.8. The largest absolute Gasteiger partial charge is 0.503 e. The summed E-state index contributed by atoms with van der Waals surface area (Å²) in [5.41, 5.74) is 1.70. The molecule has 0 saturated carbocycles. The molecule has 0 spiro atoms. The number of carbonyl (C=O) groups is 2. The van der Waals surface area contributed by atoms with Crippen LogP contribution in [0.2, 0.25) is 0 Å². The highest BCUT2D eigenvalue weighted by Gasteiger charge is 2.42. The van der Waals surface area contributed by atoms with Crippen molar-refractivity contribution >= 4 is 17.8 Å². The van der Waals surface area contributed by atoms with Gasteiger partial charge in [0.15, 0.2) is 11.5 Å². The van der Waals surface area contributed by atoms with Gasteiger partial charge in [0.05, 0.1) is 31.4 Å². The zero-order valence-electron chi connectivity index (χ0n) is 20.1. The number of aliphatic hydroxyl groups excluding tert-OH is 1. The number of nitrogens with zero attached hydrogens (tertiary/aromatic N) is 2. The van der Waals surface area contributed by atoms with Crippen molar-refractivity contribution in [3.05, 3.63) is 83.1 Å². The maximum absolute atomic E-state index is 13.3. The average Bonchev–Trinajstić information content (AvgIpc) is 3.14. The molecule has 2 aliphatic heterocycles. The molecule has 1 saturated heterocycles. The van der Waals surface area contributed by atoms with Crippen LogP contribution in [0.1, 0.15) is 30.5 Å². The lowest BCUT2D eigenvalue weighted by Crippen LogP contribution is -2.39. The number of ether oxygens (including phenoxy) is 2. The minimum absolute atomic E-state index is 0.0993. The smallest absolute Gasteiger partial charge is 0.290 e. The van der Waals surface area contributed by atoms with Gasteiger partial charge in [0, 0.05) is 26.2 Å². The summed E-state index contributed by atoms with van der Waals surface area (Å²) in [5.74, 6) is -0.730. The summed E-state index contributed by atoms with van der Waals surface area (Å²) in [4.78, 5) is 30.4. The second-order valence-corrected chi connectivity index (χ2v) is 8.58. The summed E-state index contributed by atoms with van der Waals surface area (Å²) in [6.45, 7) is 6.80. The molecule has 1 amide bonds. The van der Waals surface area contributed by atoms with E-state index < -0.39 is 17.7 Å². The molecule has 2 aromatic carbocycles. The molecule has 1 N–H and O–H groups in total. The van der Waals surface area contributed by atoms with E-state index in [9.17, 15) is 14.7 Å². The molecule has 1 unspecified atom stereocenters. The third-order valence-corrected chi connectivity index (χ3v) is 6.26. The molecule has 2 aromatic rings. The first-order chi connectivity index (χ1) is 17.1. The Bertz CT molecular complexity index is 1090. The zero-order chi connectivity index (χ0) is 24.6. The van der Waals surface area contributed by atoms with Gasteiger partial charge in [-0.1, -0.05) is 48.5 Å². The van der Waals surface area contributed by atoms with Gasteiger partial charge in [0.1, 0.15) is 5.75 Å². The minimum atomic E-state index is -0.680. The molecule has 0 bridgehead atoms. The van der Waals surface area contributed by atoms with Crippen LogP contribution in [0.25, 0.3) is 6.08 Å². The molecule has 1 fully saturated rings. The van der Waals surface area contributed by atoms with Crippen molar-refractivity contribution in [2.75, 3.05) is 46.0 Å². The molecule has 7 nitrogen and oxygen atoms in total. The second-order valence-electron chi connectivity index (χ2n) is 8.58. The Kier molecular flexibility index (Phi) is 8.34. The maximum Gasteiger partial charge on any atom is 0.290 e. The van der Waals surface area contributed by atoms with Gasteiger partial charge in [-0.3, -0.25) is 14.5 Å². The fourth-order valence-electron chi connectivity index (χ4n) is 4.54. The van der Waals surface area contributed by atoms with Crippen LogP contribution in [-0.4, -0.2) is 72.6 Å². The first-order valence-corrected chi connectivity index (χ1v) is 12.1. The van der Waals surface area contributed by atoms with E-state index in [1.165, 1.54) is 6.08 Å². The van der Waals surface area contributed by atoms with E-state index in [2.05, 4.69) is 4.90 Å². The molecule has 0 aromatic heterocycles. The van der Waals surface area contributed by atoms with E-state index in [0.717, 1.165) is 37.2 Å². The molecule has 35 heavy (non-hydrogen) atoms. The van der Waals surface area contributed by atoms with Crippen LogP contribution < -0.4 is 4.74 Å². The number of ketones is 1. The first kappa shape index (κ1) is 24.7. The van der Waals surface area contributed by atoms with E-state index >= 15 is 0 Å². The Labute approximate surface area is 206 Å². The van der Waals surface area contributed by atoms with Crippen LogP contribution in [0.3, 0.4) is 0 Å². The van der Waals surface area contributed by atoms with Crippen molar-refractivity contribution in [1.82, 2.24) is 9.80 Å². The molecule has 0 radical (unpaired) electrons. The summed E-state index contributed by atoms with van der Waals surface area (Å²) in [7, 11) is 0. The Hall–Kier alpha value is -3.42. The number of allylic oxidation sites excluding steroid dienone is 1. The fraction of sp³-hybridized carbons (Fsp3) is 0.357. The molecular formula is C28H32N2O5. The van der Waals surface area contributed by atoms with Crippen molar-refractivity contribution in [2.24, 2.45) is 0 Å². The van der Waals surface area contributed by atoms with E-state index in [-0.39, 0.29) is 11.4 Å². The maximum atomic E-state index is 13.3. The first-order valence-electron chi connectivity index (χ1n) is 12.1. The third kappa shape index (κ3) is 5.99. The Balaban J connectivity index is 1.59. The SMILES string of the molecule is CCOc1cccc(C2C(C(=O)C=Cc3ccccc3)=C(O)C(=O)N2CCCN2CCOCC2)c1. The number of hydrogen-bond acceptors (Lipinski definition) is 6. The molecular weight excluding hydrogens is 444 g/mol. The summed E-state index contributed by atoms with van der Waals surface area (Å²) >= 11 is 0. The summed E-state index contributed by atoms with van der Waals surface area (Å²) in [6.07, 6.45) is 3.84. The molecule has 2 aliphatic rings. The predicted molar refractivity (Wildman–Crippen MR) is 134 cm³/mol. The predicted octanol–water partition coefficient (Wildman–Crippen LogP) is 3.79. The van der Waals surface area contributed by atoms with Gasteiger partial charge in [-0.2, -0.15) is 0 Å². The number of benzene rings is 2. The summed E-state index contributed by atoms with van der Waals surface area (Å²) < 4.78 is 11.1. The lowest BCUT2D eigenvalue weighted by molar-refractivity contribution is -0.129. The van der Waals surface area contributed by atoms with E-state index in [4.69, 9.17) is 9.47 Å². The Morgan fingerprint density at radius 1 is 1.11 bits per heavy atom. The number of morpholine rings is 1. The van der Waals surface area contributed by atoms with E-state index in [1.807, 2.05) is 61.5 Å². The molecule has 1 atom stereocenters. The number of hydrogen-bond donors (Lipinski definition) is 1. The van der Waals surface area contributed by atoms with Crippen LogP contribution in [0.15, 0.2) is 72.0 Å². The van der Waals surface area contributed by atoms with Gasteiger partial charge in [-0.15, -0.1) is 0 Å². The minimum Gasteiger partial charge on any atom is -0.503 e. The Morgan fingerprint density at radius 3 is 2.63 bits per heavy atom. The average molecular weight is 477 g/mol. The molecule has 7 heteroatoms. The van der Waals surface area contributed by atoms with Crippen molar-refractivity contribution in [3.8, 4) is 5.75 Å². The van der Waals surface area contributed by atoms with Gasteiger partial charge < -0.3 is 19.5 Å². The van der Waals surface area contributed by atoms with Crippen LogP contribution in [0.4, 0.5) is 0 Å². The van der Waals surface area contributed by atoms with Crippen LogP contribution in [0, 0.1) is 0 Å². The highest BCUT2D eigenvalue weighted by atomic mass is 16.5. The normalized spacial score (nSPS) is 19.1. The van der Waals surface area contributed by atoms with Crippen LogP contribution >= 0.6 is 0 Å². The van der Waals surface area contributed by atoms with Gasteiger partial charge in [0.2, 0.25) is 0 Å². The van der Waals surface area contributed by atoms with Gasteiger partial charge in [-0.05, 0) is 42.7 Å². The Morgan fingerprint density at radius 2 is 1.89 bits per heavy atom. The van der Waals surface area contributed by atoms with Crippen molar-refractivity contribution < 1.29 is 24.2 Å². The van der Waals surface area contributed by atoms with Gasteiger partial charge >= 0.3 is 0 Å². The lowest BCUT2D eigenvalue weighted by atomic mass is 9.95. The topological polar surface area (TPSA) is 79.3 Å². The number of amides is 1. The number of carbonyl (C=O) groups excluding carboxylic acids is 2. The summed E-state index contributed by atoms with van der Waals surface area (Å²) in [6, 6.07) is 16.2. The highest BCUT2D eigenvalue weighted by molar-refractivity contribution is 6.14. The third-order valence-electron chi connectivity index (χ3n) is 6.26. The standard InChI is InChI=1S/C28H32N2O5/c1-2-35-23-11-6-10-22(20-23)26-25(24(31)13-12-21-8-4-3-5-9-21)27(32)28(33)30(26)15-7-14-29-16-18-34-19-17-29/h3-6,8-13,20,26,32H,2,7,14-19H2,1H3. The van der Waals surface area contributed by atoms with Crippen molar-refractivity contribution in [3.63, 3.8) is 0 Å². The lowest BCUT2D eigenvalue weighted by Gasteiger charge is -2.30. The van der Waals surface area contributed by atoms with Crippen molar-refractivity contribution in [2.45, 2.75) is 19.4 Å². The van der Waals surface area contributed by atoms with Crippen LogP contribution in [-0.2, 0) is 14.3 Å². The number of rotatable bonds is 10. The number of aliphatic hydroxyl groups is 1. The molecule has 2 heterocycles. The van der Waals surface area contributed by atoms with Crippen LogP contribution in [0.5, 0.6) is 5.75 Å². The van der Waals surface area contributed by atoms with E-state index in [0.29, 0.717) is 32.1 Å². The van der Waals surface area contributed by atoms with Gasteiger partial charge in [-0.25, -0.2) is 0 Å². The highest BCUT2D eigenvalue weighted by Crippen LogP contribution is 2.39. The molecule has 184 valence electrons. The van der Waals surface area contributed by atoms with E-state index in [1.54, 1.807) is 11.0 Å². The zero-order valence-corrected chi connectivity index (χ0v) is 20.1. The second kappa shape index (κ2) is 11.8.